The summed E-state index contributed by atoms with van der Waals surface area (Å²) in [5, 5.41) is 12.9. The van der Waals surface area contributed by atoms with Crippen LogP contribution in [0.15, 0.2) is 28.7 Å². The molecule has 0 bridgehead atoms. The zero-order chi connectivity index (χ0) is 16.3. The predicted octanol–water partition coefficient (Wildman–Crippen LogP) is 2.68. The number of carbonyl (C=O) groups excluding carboxylic acids is 1. The fourth-order valence-corrected chi connectivity index (χ4v) is 2.35. The first-order valence-electron chi connectivity index (χ1n) is 7.10. The monoisotopic (exact) mass is 303 g/mol. The molecule has 1 aromatic carbocycles. The molecule has 22 heavy (non-hydrogen) atoms. The molecule has 0 radical (unpaired) electrons. The minimum atomic E-state index is -0.775. The van der Waals surface area contributed by atoms with E-state index in [-0.39, 0.29) is 12.5 Å². The van der Waals surface area contributed by atoms with Gasteiger partial charge in [0.15, 0.2) is 0 Å². The summed E-state index contributed by atoms with van der Waals surface area (Å²) in [7, 11) is 1.59. The SMILES string of the molecule is COc1ccc(C(O)CNC(=O)c2c(C)oc(C)c2C)cc1. The highest BCUT2D eigenvalue weighted by molar-refractivity contribution is 5.96. The number of benzene rings is 1. The van der Waals surface area contributed by atoms with E-state index < -0.39 is 6.10 Å². The van der Waals surface area contributed by atoms with Crippen LogP contribution in [0.4, 0.5) is 0 Å². The molecule has 2 aromatic rings. The van der Waals surface area contributed by atoms with Crippen molar-refractivity contribution in [1.29, 1.82) is 0 Å². The molecular weight excluding hydrogens is 282 g/mol. The topological polar surface area (TPSA) is 71.7 Å². The van der Waals surface area contributed by atoms with Crippen molar-refractivity contribution in [3.8, 4) is 5.75 Å². The second-order valence-electron chi connectivity index (χ2n) is 5.21. The summed E-state index contributed by atoms with van der Waals surface area (Å²) in [4.78, 5) is 12.2. The molecule has 5 nitrogen and oxygen atoms in total. The molecule has 1 atom stereocenters. The Hall–Kier alpha value is -2.27. The Morgan fingerprint density at radius 3 is 2.36 bits per heavy atom. The highest BCUT2D eigenvalue weighted by Gasteiger charge is 2.19. The molecule has 5 heteroatoms. The lowest BCUT2D eigenvalue weighted by atomic mass is 10.1. The number of aliphatic hydroxyl groups excluding tert-OH is 1. The first-order chi connectivity index (χ1) is 10.4. The van der Waals surface area contributed by atoms with Gasteiger partial charge in [-0.1, -0.05) is 12.1 Å². The molecule has 0 aliphatic carbocycles. The van der Waals surface area contributed by atoms with Gasteiger partial charge in [-0.15, -0.1) is 0 Å². The number of hydrogen-bond donors (Lipinski definition) is 2. The molecule has 0 fully saturated rings. The number of rotatable bonds is 5. The van der Waals surface area contributed by atoms with E-state index >= 15 is 0 Å². The van der Waals surface area contributed by atoms with Gasteiger partial charge in [0.25, 0.3) is 5.91 Å². The van der Waals surface area contributed by atoms with E-state index in [1.807, 2.05) is 13.8 Å². The second kappa shape index (κ2) is 6.66. The maximum Gasteiger partial charge on any atom is 0.255 e. The number of ether oxygens (including phenoxy) is 1. The van der Waals surface area contributed by atoms with Gasteiger partial charge in [-0.05, 0) is 38.5 Å². The zero-order valence-electron chi connectivity index (χ0n) is 13.3. The molecule has 0 aliphatic heterocycles. The van der Waals surface area contributed by atoms with Gasteiger partial charge >= 0.3 is 0 Å². The first kappa shape index (κ1) is 16.1. The van der Waals surface area contributed by atoms with Crippen molar-refractivity contribution in [3.63, 3.8) is 0 Å². The summed E-state index contributed by atoms with van der Waals surface area (Å²) in [6.07, 6.45) is -0.775. The summed E-state index contributed by atoms with van der Waals surface area (Å²) in [6.45, 7) is 5.56. The van der Waals surface area contributed by atoms with Gasteiger partial charge in [-0.25, -0.2) is 0 Å². The number of hydrogen-bond acceptors (Lipinski definition) is 4. The van der Waals surface area contributed by atoms with Crippen molar-refractivity contribution in [3.05, 3.63) is 52.5 Å². The third-order valence-corrected chi connectivity index (χ3v) is 3.74. The molecule has 1 aromatic heterocycles. The Balaban J connectivity index is 2.00. The quantitative estimate of drug-likeness (QED) is 0.891. The van der Waals surface area contributed by atoms with Gasteiger partial charge in [-0.3, -0.25) is 4.79 Å². The van der Waals surface area contributed by atoms with Gasteiger partial charge in [0, 0.05) is 12.1 Å². The van der Waals surface area contributed by atoms with Gasteiger partial charge in [-0.2, -0.15) is 0 Å². The van der Waals surface area contributed by atoms with Crippen molar-refractivity contribution in [2.45, 2.75) is 26.9 Å². The van der Waals surface area contributed by atoms with Crippen LogP contribution >= 0.6 is 0 Å². The molecule has 0 saturated heterocycles. The number of furan rings is 1. The Morgan fingerprint density at radius 1 is 1.23 bits per heavy atom. The van der Waals surface area contributed by atoms with Gasteiger partial charge in [0.1, 0.15) is 17.3 Å². The van der Waals surface area contributed by atoms with Crippen molar-refractivity contribution >= 4 is 5.91 Å². The lowest BCUT2D eigenvalue weighted by Crippen LogP contribution is -2.29. The first-order valence-corrected chi connectivity index (χ1v) is 7.10. The third kappa shape index (κ3) is 3.31. The fraction of sp³-hybridized carbons (Fsp3) is 0.353. The standard InChI is InChI=1S/C17H21NO4/c1-10-11(2)22-12(3)16(10)17(20)18-9-15(19)13-5-7-14(21-4)8-6-13/h5-8,15,19H,9H2,1-4H3,(H,18,20). The molecule has 0 aliphatic rings. The molecule has 0 saturated carbocycles. The van der Waals surface area contributed by atoms with Gasteiger partial charge in [0.05, 0.1) is 18.8 Å². The molecule has 1 heterocycles. The van der Waals surface area contributed by atoms with E-state index in [9.17, 15) is 9.90 Å². The van der Waals surface area contributed by atoms with E-state index in [4.69, 9.17) is 9.15 Å². The molecule has 1 unspecified atom stereocenters. The Labute approximate surface area is 129 Å². The van der Waals surface area contributed by atoms with E-state index in [0.29, 0.717) is 11.3 Å². The van der Waals surface area contributed by atoms with E-state index in [2.05, 4.69) is 5.32 Å². The van der Waals surface area contributed by atoms with Crippen molar-refractivity contribution < 1.29 is 19.1 Å². The van der Waals surface area contributed by atoms with Crippen LogP contribution in [0, 0.1) is 20.8 Å². The zero-order valence-corrected chi connectivity index (χ0v) is 13.3. The van der Waals surface area contributed by atoms with Crippen molar-refractivity contribution in [2.75, 3.05) is 13.7 Å². The maximum atomic E-state index is 12.2. The molecule has 2 N–H and O–H groups in total. The number of carbonyl (C=O) groups is 1. The van der Waals surface area contributed by atoms with Crippen LogP contribution in [-0.4, -0.2) is 24.7 Å². The van der Waals surface area contributed by atoms with Crippen LogP contribution in [0.3, 0.4) is 0 Å². The maximum absolute atomic E-state index is 12.2. The van der Waals surface area contributed by atoms with Crippen molar-refractivity contribution in [2.24, 2.45) is 0 Å². The highest BCUT2D eigenvalue weighted by atomic mass is 16.5. The number of aryl methyl sites for hydroxylation is 2. The molecule has 0 spiro atoms. The van der Waals surface area contributed by atoms with Crippen molar-refractivity contribution in [1.82, 2.24) is 5.32 Å². The minimum Gasteiger partial charge on any atom is -0.497 e. The van der Waals surface area contributed by atoms with Crippen LogP contribution < -0.4 is 10.1 Å². The van der Waals surface area contributed by atoms with Gasteiger partial charge < -0.3 is 19.6 Å². The Kier molecular flexibility index (Phi) is 4.88. The van der Waals surface area contributed by atoms with Crippen LogP contribution in [-0.2, 0) is 0 Å². The summed E-state index contributed by atoms with van der Waals surface area (Å²) in [5.41, 5.74) is 2.09. The Bertz CT molecular complexity index is 658. The largest absolute Gasteiger partial charge is 0.497 e. The predicted molar refractivity (Wildman–Crippen MR) is 83.2 cm³/mol. The van der Waals surface area contributed by atoms with Crippen LogP contribution in [0.25, 0.3) is 0 Å². The number of aliphatic hydroxyl groups is 1. The van der Waals surface area contributed by atoms with Gasteiger partial charge in [0.2, 0.25) is 0 Å². The van der Waals surface area contributed by atoms with Crippen LogP contribution in [0.5, 0.6) is 5.75 Å². The lowest BCUT2D eigenvalue weighted by molar-refractivity contribution is 0.0914. The van der Waals surface area contributed by atoms with E-state index in [1.54, 1.807) is 38.3 Å². The molecule has 118 valence electrons. The Morgan fingerprint density at radius 2 is 1.86 bits per heavy atom. The number of amides is 1. The average Bonchev–Trinajstić information content (AvgIpc) is 2.77. The summed E-state index contributed by atoms with van der Waals surface area (Å²) in [6, 6.07) is 7.09. The molecular formula is C17H21NO4. The summed E-state index contributed by atoms with van der Waals surface area (Å²) < 4.78 is 10.5. The number of nitrogens with one attached hydrogen (secondary N) is 1. The summed E-state index contributed by atoms with van der Waals surface area (Å²) in [5.74, 6) is 1.81. The van der Waals surface area contributed by atoms with Crippen LogP contribution in [0.1, 0.15) is 39.1 Å². The molecule has 1 amide bonds. The summed E-state index contributed by atoms with van der Waals surface area (Å²) >= 11 is 0. The lowest BCUT2D eigenvalue weighted by Gasteiger charge is -2.13. The fourth-order valence-electron chi connectivity index (χ4n) is 2.35. The average molecular weight is 303 g/mol. The third-order valence-electron chi connectivity index (χ3n) is 3.74. The highest BCUT2D eigenvalue weighted by Crippen LogP contribution is 2.21. The normalized spacial score (nSPS) is 12.0. The second-order valence-corrected chi connectivity index (χ2v) is 5.21. The van der Waals surface area contributed by atoms with E-state index in [1.165, 1.54) is 0 Å². The van der Waals surface area contributed by atoms with Crippen LogP contribution in [0.2, 0.25) is 0 Å². The number of methoxy groups -OCH3 is 1. The van der Waals surface area contributed by atoms with E-state index in [0.717, 1.165) is 22.6 Å². The minimum absolute atomic E-state index is 0.133. The smallest absolute Gasteiger partial charge is 0.255 e. The molecule has 2 rings (SSSR count).